The second-order valence-corrected chi connectivity index (χ2v) is 7.72. The Hall–Kier alpha value is -2.81. The maximum atomic E-state index is 11.4. The van der Waals surface area contributed by atoms with Crippen molar-refractivity contribution in [3.8, 4) is 0 Å². The lowest BCUT2D eigenvalue weighted by molar-refractivity contribution is -0.136. The van der Waals surface area contributed by atoms with Crippen molar-refractivity contribution in [2.24, 2.45) is 0 Å². The maximum Gasteiger partial charge on any atom is 0.309 e. The molecule has 0 aromatic carbocycles. The molecule has 0 bridgehead atoms. The lowest BCUT2D eigenvalue weighted by Crippen LogP contribution is -2.36. The highest BCUT2D eigenvalue weighted by molar-refractivity contribution is 5.94. The molecular weight excluding hydrogens is 348 g/mol. The number of nitrogens with zero attached hydrogens (tertiary/aromatic N) is 6. The van der Waals surface area contributed by atoms with Crippen LogP contribution in [-0.4, -0.2) is 62.2 Å². The van der Waals surface area contributed by atoms with E-state index < -0.39 is 5.97 Å². The van der Waals surface area contributed by atoms with Crippen LogP contribution in [0.3, 0.4) is 0 Å². The predicted molar refractivity (Wildman–Crippen MR) is 99.2 cm³/mol. The fraction of sp³-hybridized carbons (Fsp3) is 0.500. The minimum atomic E-state index is -0.940. The Balaban J connectivity index is 1.94. The van der Waals surface area contributed by atoms with Gasteiger partial charge in [-0.2, -0.15) is 9.61 Å². The molecular formula is C18H22N6O3. The van der Waals surface area contributed by atoms with Crippen molar-refractivity contribution in [2.45, 2.75) is 32.6 Å². The van der Waals surface area contributed by atoms with Gasteiger partial charge in [0.15, 0.2) is 5.82 Å². The Morgan fingerprint density at radius 1 is 1.26 bits per heavy atom. The van der Waals surface area contributed by atoms with Gasteiger partial charge in [-0.25, -0.2) is 4.98 Å². The molecule has 4 rings (SSSR count). The summed E-state index contributed by atoms with van der Waals surface area (Å²) in [7, 11) is 0. The van der Waals surface area contributed by atoms with Crippen molar-refractivity contribution in [1.82, 2.24) is 24.8 Å². The zero-order valence-corrected chi connectivity index (χ0v) is 15.6. The van der Waals surface area contributed by atoms with Crippen molar-refractivity contribution >= 4 is 28.2 Å². The van der Waals surface area contributed by atoms with Gasteiger partial charge in [0, 0.05) is 23.9 Å². The quantitative estimate of drug-likeness (QED) is 0.738. The molecule has 3 aromatic rings. The first-order valence-electron chi connectivity index (χ1n) is 8.93. The number of carbonyl (C=O) groups is 1. The predicted octanol–water partition coefficient (Wildman–Crippen LogP) is 1.43. The number of hydrogen-bond acceptors (Lipinski definition) is 7. The Morgan fingerprint density at radius 3 is 2.67 bits per heavy atom. The van der Waals surface area contributed by atoms with Gasteiger partial charge in [0.2, 0.25) is 5.65 Å². The molecule has 142 valence electrons. The molecule has 0 aliphatic carbocycles. The first-order valence-corrected chi connectivity index (χ1v) is 8.93. The summed E-state index contributed by atoms with van der Waals surface area (Å²) in [5.74, 6) is -0.268. The average molecular weight is 370 g/mol. The lowest BCUT2D eigenvalue weighted by Gasteiger charge is -2.28. The number of ether oxygens (including phenoxy) is 1. The Kier molecular flexibility index (Phi) is 4.18. The normalized spacial score (nSPS) is 15.6. The molecule has 0 spiro atoms. The van der Waals surface area contributed by atoms with Gasteiger partial charge in [-0.1, -0.05) is 20.8 Å². The van der Waals surface area contributed by atoms with E-state index in [1.54, 1.807) is 10.7 Å². The Bertz CT molecular complexity index is 1020. The first kappa shape index (κ1) is 17.6. The van der Waals surface area contributed by atoms with Gasteiger partial charge in [-0.15, -0.1) is 10.2 Å². The molecule has 1 saturated heterocycles. The number of aliphatic carboxylic acids is 1. The zero-order chi connectivity index (χ0) is 19.2. The highest BCUT2D eigenvalue weighted by atomic mass is 16.5. The third-order valence-electron chi connectivity index (χ3n) is 4.62. The number of aromatic nitrogens is 5. The molecule has 0 saturated carbocycles. The van der Waals surface area contributed by atoms with Crippen LogP contribution >= 0.6 is 0 Å². The summed E-state index contributed by atoms with van der Waals surface area (Å²) in [6, 6.07) is 1.95. The molecule has 4 heterocycles. The molecule has 0 radical (unpaired) electrons. The van der Waals surface area contributed by atoms with E-state index in [1.807, 2.05) is 26.8 Å². The van der Waals surface area contributed by atoms with Crippen molar-refractivity contribution < 1.29 is 14.6 Å². The largest absolute Gasteiger partial charge is 0.481 e. The van der Waals surface area contributed by atoms with Crippen LogP contribution in [0.25, 0.3) is 16.6 Å². The molecule has 1 fully saturated rings. The van der Waals surface area contributed by atoms with E-state index in [4.69, 9.17) is 4.74 Å². The number of fused-ring (bicyclic) bond motifs is 3. The summed E-state index contributed by atoms with van der Waals surface area (Å²) >= 11 is 0. The summed E-state index contributed by atoms with van der Waals surface area (Å²) in [4.78, 5) is 18.2. The van der Waals surface area contributed by atoms with Crippen LogP contribution in [0.5, 0.6) is 0 Å². The lowest BCUT2D eigenvalue weighted by atomic mass is 9.96. The highest BCUT2D eigenvalue weighted by Crippen LogP contribution is 2.28. The Morgan fingerprint density at radius 2 is 2.00 bits per heavy atom. The zero-order valence-electron chi connectivity index (χ0n) is 15.6. The summed E-state index contributed by atoms with van der Waals surface area (Å²) < 4.78 is 7.03. The maximum absolute atomic E-state index is 11.4. The van der Waals surface area contributed by atoms with E-state index in [9.17, 15) is 9.90 Å². The van der Waals surface area contributed by atoms with Gasteiger partial charge in [0.25, 0.3) is 0 Å². The van der Waals surface area contributed by atoms with Crippen LogP contribution in [0, 0.1) is 0 Å². The molecule has 9 heteroatoms. The second-order valence-electron chi connectivity index (χ2n) is 7.72. The highest BCUT2D eigenvalue weighted by Gasteiger charge is 2.25. The summed E-state index contributed by atoms with van der Waals surface area (Å²) in [5.41, 5.74) is 2.25. The molecule has 1 aliphatic rings. The van der Waals surface area contributed by atoms with E-state index in [0.29, 0.717) is 41.3 Å². The molecule has 3 aromatic heterocycles. The van der Waals surface area contributed by atoms with E-state index in [-0.39, 0.29) is 11.8 Å². The number of carboxylic acids is 1. The molecule has 1 aliphatic heterocycles. The summed E-state index contributed by atoms with van der Waals surface area (Å²) in [5, 5.41) is 23.2. The monoisotopic (exact) mass is 370 g/mol. The van der Waals surface area contributed by atoms with E-state index in [1.165, 1.54) is 0 Å². The summed E-state index contributed by atoms with van der Waals surface area (Å²) in [6.07, 6.45) is 1.60. The molecule has 0 amide bonds. The first-order chi connectivity index (χ1) is 12.8. The third-order valence-corrected chi connectivity index (χ3v) is 4.62. The molecule has 27 heavy (non-hydrogen) atoms. The topological polar surface area (TPSA) is 106 Å². The number of rotatable bonds is 3. The molecule has 0 unspecified atom stereocenters. The summed E-state index contributed by atoms with van der Waals surface area (Å²) in [6.45, 7) is 8.92. The fourth-order valence-corrected chi connectivity index (χ4v) is 3.28. The Labute approximate surface area is 156 Å². The molecule has 9 nitrogen and oxygen atoms in total. The van der Waals surface area contributed by atoms with Gasteiger partial charge < -0.3 is 14.7 Å². The van der Waals surface area contributed by atoms with Crippen LogP contribution < -0.4 is 4.90 Å². The smallest absolute Gasteiger partial charge is 0.309 e. The van der Waals surface area contributed by atoms with Crippen molar-refractivity contribution in [1.29, 1.82) is 0 Å². The van der Waals surface area contributed by atoms with Crippen molar-refractivity contribution in [3.05, 3.63) is 23.8 Å². The van der Waals surface area contributed by atoms with Crippen LogP contribution in [0.4, 0.5) is 5.69 Å². The third kappa shape index (κ3) is 3.18. The van der Waals surface area contributed by atoms with Gasteiger partial charge in [-0.05, 0) is 6.07 Å². The van der Waals surface area contributed by atoms with Crippen molar-refractivity contribution in [2.75, 3.05) is 31.2 Å². The standard InChI is InChI=1S/C18H22N6O3/c1-18(2,3)17-21-20-16-15-12(13(9-14(25)26)22-24(16)17)8-11(10-19-15)23-4-6-27-7-5-23/h8,10H,4-7,9H2,1-3H3,(H,25,26). The SMILES string of the molecule is CC(C)(C)c1nnc2c3ncc(N4CCOCC4)cc3c(CC(=O)O)nn12. The number of anilines is 1. The van der Waals surface area contributed by atoms with Gasteiger partial charge in [0.1, 0.15) is 5.52 Å². The van der Waals surface area contributed by atoms with E-state index in [2.05, 4.69) is 25.2 Å². The molecule has 1 N–H and O–H groups in total. The fourth-order valence-electron chi connectivity index (χ4n) is 3.28. The number of pyridine rings is 1. The van der Waals surface area contributed by atoms with Crippen LogP contribution in [0.15, 0.2) is 12.3 Å². The van der Waals surface area contributed by atoms with Gasteiger partial charge in [0.05, 0.1) is 37.2 Å². The average Bonchev–Trinajstić information content (AvgIpc) is 3.06. The number of carboxylic acid groups (broad SMARTS) is 1. The van der Waals surface area contributed by atoms with E-state index >= 15 is 0 Å². The molecule has 0 atom stereocenters. The van der Waals surface area contributed by atoms with Crippen LogP contribution in [-0.2, 0) is 21.4 Å². The van der Waals surface area contributed by atoms with Gasteiger partial charge >= 0.3 is 5.97 Å². The number of hydrogen-bond donors (Lipinski definition) is 1. The van der Waals surface area contributed by atoms with E-state index in [0.717, 1.165) is 18.8 Å². The van der Waals surface area contributed by atoms with Crippen molar-refractivity contribution in [3.63, 3.8) is 0 Å². The minimum absolute atomic E-state index is 0.192. The second kappa shape index (κ2) is 6.41. The number of morpholine rings is 1. The van der Waals surface area contributed by atoms with Gasteiger partial charge in [-0.3, -0.25) is 4.79 Å². The minimum Gasteiger partial charge on any atom is -0.481 e. The van der Waals surface area contributed by atoms with Crippen LogP contribution in [0.2, 0.25) is 0 Å². The van der Waals surface area contributed by atoms with Crippen LogP contribution in [0.1, 0.15) is 32.3 Å².